The minimum Gasteiger partial charge on any atom is -0.355 e. The van der Waals surface area contributed by atoms with Crippen LogP contribution in [0, 0.1) is 6.92 Å². The number of hydrogen-bond acceptors (Lipinski definition) is 4. The first-order chi connectivity index (χ1) is 10.1. The largest absolute Gasteiger partial charge is 0.355 e. The Morgan fingerprint density at radius 1 is 1.14 bits per heavy atom. The number of amides is 2. The molecule has 1 atom stereocenters. The first-order valence-electron chi connectivity index (χ1n) is 6.98. The number of benzene rings is 1. The highest BCUT2D eigenvalue weighted by Crippen LogP contribution is 2.21. The SMILES string of the molecule is CNC(=O)c1c(C)cccc1NC(=O)[C@H](C)S(=O)(=O)C(C)C. The van der Waals surface area contributed by atoms with E-state index < -0.39 is 26.2 Å². The zero-order valence-corrected chi connectivity index (χ0v) is 14.2. The second-order valence-electron chi connectivity index (χ2n) is 5.35. The Bertz CT molecular complexity index is 681. The first kappa shape index (κ1) is 18.2. The molecule has 122 valence electrons. The molecular formula is C15H22N2O4S. The molecule has 1 aromatic carbocycles. The number of carbonyl (C=O) groups is 2. The molecule has 22 heavy (non-hydrogen) atoms. The molecule has 0 radical (unpaired) electrons. The van der Waals surface area contributed by atoms with Gasteiger partial charge in [-0.1, -0.05) is 12.1 Å². The molecule has 0 aliphatic heterocycles. The molecule has 1 rings (SSSR count). The van der Waals surface area contributed by atoms with Crippen LogP contribution < -0.4 is 10.6 Å². The minimum atomic E-state index is -3.56. The monoisotopic (exact) mass is 326 g/mol. The van der Waals surface area contributed by atoms with Crippen molar-refractivity contribution >= 4 is 27.3 Å². The van der Waals surface area contributed by atoms with Gasteiger partial charge in [0, 0.05) is 7.05 Å². The number of aryl methyl sites for hydroxylation is 1. The minimum absolute atomic E-state index is 0.301. The van der Waals surface area contributed by atoms with Gasteiger partial charge in [-0.15, -0.1) is 0 Å². The molecule has 2 amide bonds. The number of hydrogen-bond donors (Lipinski definition) is 2. The highest BCUT2D eigenvalue weighted by atomic mass is 32.2. The van der Waals surface area contributed by atoms with Gasteiger partial charge in [0.1, 0.15) is 5.25 Å². The van der Waals surface area contributed by atoms with E-state index >= 15 is 0 Å². The molecule has 0 aliphatic carbocycles. The van der Waals surface area contributed by atoms with Crippen LogP contribution >= 0.6 is 0 Å². The van der Waals surface area contributed by atoms with Crippen molar-refractivity contribution in [1.29, 1.82) is 0 Å². The summed E-state index contributed by atoms with van der Waals surface area (Å²) in [7, 11) is -2.07. The fourth-order valence-electron chi connectivity index (χ4n) is 1.99. The quantitative estimate of drug-likeness (QED) is 0.858. The molecule has 7 heteroatoms. The van der Waals surface area contributed by atoms with E-state index in [0.29, 0.717) is 16.8 Å². The third-order valence-corrected chi connectivity index (χ3v) is 6.02. The lowest BCUT2D eigenvalue weighted by Crippen LogP contribution is -2.37. The summed E-state index contributed by atoms with van der Waals surface area (Å²) in [5.41, 5.74) is 1.32. The fourth-order valence-corrected chi connectivity index (χ4v) is 3.16. The van der Waals surface area contributed by atoms with Gasteiger partial charge in [-0.3, -0.25) is 9.59 Å². The molecule has 1 aromatic rings. The van der Waals surface area contributed by atoms with Gasteiger partial charge in [0.15, 0.2) is 9.84 Å². The average Bonchev–Trinajstić information content (AvgIpc) is 2.45. The molecule has 2 N–H and O–H groups in total. The maximum Gasteiger partial charge on any atom is 0.253 e. The van der Waals surface area contributed by atoms with Crippen LogP contribution in [0.5, 0.6) is 0 Å². The van der Waals surface area contributed by atoms with Crippen LogP contribution in [0.1, 0.15) is 36.7 Å². The van der Waals surface area contributed by atoms with E-state index in [2.05, 4.69) is 10.6 Å². The van der Waals surface area contributed by atoms with Crippen LogP contribution in [0.3, 0.4) is 0 Å². The predicted molar refractivity (Wildman–Crippen MR) is 86.7 cm³/mol. The van der Waals surface area contributed by atoms with Gasteiger partial charge in [0.2, 0.25) is 5.91 Å². The molecule has 0 aliphatic rings. The van der Waals surface area contributed by atoms with Crippen LogP contribution in [0.25, 0.3) is 0 Å². The highest BCUT2D eigenvalue weighted by Gasteiger charge is 2.31. The fraction of sp³-hybridized carbons (Fsp3) is 0.467. The summed E-state index contributed by atoms with van der Waals surface area (Å²) in [4.78, 5) is 24.1. The van der Waals surface area contributed by atoms with E-state index in [-0.39, 0.29) is 5.91 Å². The molecule has 6 nitrogen and oxygen atoms in total. The topological polar surface area (TPSA) is 92.3 Å². The van der Waals surface area contributed by atoms with Gasteiger partial charge >= 0.3 is 0 Å². The van der Waals surface area contributed by atoms with E-state index in [1.54, 1.807) is 25.1 Å². The average molecular weight is 326 g/mol. The summed E-state index contributed by atoms with van der Waals surface area (Å²) in [5, 5.41) is 3.22. The number of rotatable bonds is 5. The Morgan fingerprint density at radius 2 is 1.73 bits per heavy atom. The third kappa shape index (κ3) is 3.65. The predicted octanol–water partition coefficient (Wildman–Crippen LogP) is 1.50. The smallest absolute Gasteiger partial charge is 0.253 e. The third-order valence-electron chi connectivity index (χ3n) is 3.50. The van der Waals surface area contributed by atoms with E-state index in [9.17, 15) is 18.0 Å². The Kier molecular flexibility index (Phi) is 5.71. The first-order valence-corrected chi connectivity index (χ1v) is 8.59. The number of carbonyl (C=O) groups excluding carboxylic acids is 2. The van der Waals surface area contributed by atoms with Crippen molar-refractivity contribution < 1.29 is 18.0 Å². The van der Waals surface area contributed by atoms with Crippen LogP contribution in [-0.4, -0.2) is 37.8 Å². The Hall–Kier alpha value is -1.89. The van der Waals surface area contributed by atoms with Gasteiger partial charge < -0.3 is 10.6 Å². The zero-order chi connectivity index (χ0) is 17.1. The van der Waals surface area contributed by atoms with Crippen LogP contribution in [0.4, 0.5) is 5.69 Å². The summed E-state index contributed by atoms with van der Waals surface area (Å²) in [5.74, 6) is -0.989. The maximum atomic E-state index is 12.2. The second kappa shape index (κ2) is 6.91. The Labute approximate surface area is 131 Å². The van der Waals surface area contributed by atoms with Gasteiger partial charge in [-0.2, -0.15) is 0 Å². The molecule has 0 heterocycles. The van der Waals surface area contributed by atoms with E-state index in [1.807, 2.05) is 0 Å². The molecular weight excluding hydrogens is 304 g/mol. The molecule has 0 bridgehead atoms. The van der Waals surface area contributed by atoms with Gasteiger partial charge in [0.05, 0.1) is 16.5 Å². The number of anilines is 1. The zero-order valence-electron chi connectivity index (χ0n) is 13.4. The highest BCUT2D eigenvalue weighted by molar-refractivity contribution is 7.93. The van der Waals surface area contributed by atoms with Crippen molar-refractivity contribution in [2.24, 2.45) is 0 Å². The second-order valence-corrected chi connectivity index (χ2v) is 8.17. The van der Waals surface area contributed by atoms with E-state index in [4.69, 9.17) is 0 Å². The van der Waals surface area contributed by atoms with Crippen molar-refractivity contribution in [2.75, 3.05) is 12.4 Å². The molecule has 0 fully saturated rings. The molecule has 0 aromatic heterocycles. The van der Waals surface area contributed by atoms with E-state index in [1.165, 1.54) is 27.8 Å². The number of nitrogens with one attached hydrogen (secondary N) is 2. The van der Waals surface area contributed by atoms with Crippen LogP contribution in [-0.2, 0) is 14.6 Å². The Balaban J connectivity index is 3.14. The van der Waals surface area contributed by atoms with Crippen molar-refractivity contribution in [2.45, 2.75) is 38.2 Å². The lowest BCUT2D eigenvalue weighted by molar-refractivity contribution is -0.115. The van der Waals surface area contributed by atoms with E-state index in [0.717, 1.165) is 0 Å². The van der Waals surface area contributed by atoms with Crippen molar-refractivity contribution in [3.05, 3.63) is 29.3 Å². The van der Waals surface area contributed by atoms with Crippen molar-refractivity contribution in [3.8, 4) is 0 Å². The molecule has 0 unspecified atom stereocenters. The van der Waals surface area contributed by atoms with Crippen LogP contribution in [0.2, 0.25) is 0 Å². The summed E-state index contributed by atoms with van der Waals surface area (Å²) in [6, 6.07) is 5.01. The maximum absolute atomic E-state index is 12.2. The lowest BCUT2D eigenvalue weighted by atomic mass is 10.1. The normalized spacial score (nSPS) is 12.8. The lowest BCUT2D eigenvalue weighted by Gasteiger charge is -2.17. The molecule has 0 saturated heterocycles. The van der Waals surface area contributed by atoms with Gasteiger partial charge in [-0.05, 0) is 39.3 Å². The van der Waals surface area contributed by atoms with Crippen molar-refractivity contribution in [3.63, 3.8) is 0 Å². The summed E-state index contributed by atoms with van der Waals surface area (Å²) in [6.45, 7) is 6.15. The summed E-state index contributed by atoms with van der Waals surface area (Å²) >= 11 is 0. The van der Waals surface area contributed by atoms with Gasteiger partial charge in [-0.25, -0.2) is 8.42 Å². The number of sulfone groups is 1. The summed E-state index contributed by atoms with van der Waals surface area (Å²) in [6.07, 6.45) is 0. The van der Waals surface area contributed by atoms with Crippen LogP contribution in [0.15, 0.2) is 18.2 Å². The molecule has 0 spiro atoms. The Morgan fingerprint density at radius 3 is 2.23 bits per heavy atom. The van der Waals surface area contributed by atoms with Crippen molar-refractivity contribution in [1.82, 2.24) is 5.32 Å². The standard InChI is InChI=1S/C15H22N2O4S/c1-9(2)22(20,21)11(4)14(18)17-12-8-6-7-10(3)13(12)15(19)16-5/h6-9,11H,1-5H3,(H,16,19)(H,17,18)/t11-/m0/s1. The molecule has 0 saturated carbocycles. The summed E-state index contributed by atoms with van der Waals surface area (Å²) < 4.78 is 24.1. The van der Waals surface area contributed by atoms with Gasteiger partial charge in [0.25, 0.3) is 5.91 Å².